The molecule has 0 aromatic heterocycles. The lowest BCUT2D eigenvalue weighted by Gasteiger charge is -2.05. The topological polar surface area (TPSA) is 12.4 Å². The normalized spacial score (nSPS) is 13.8. The lowest BCUT2D eigenvalue weighted by atomic mass is 9.98. The van der Waals surface area contributed by atoms with Gasteiger partial charge in [0, 0.05) is 22.1 Å². The molecule has 0 radical (unpaired) electrons. The van der Waals surface area contributed by atoms with Crippen LogP contribution in [-0.4, -0.2) is 5.71 Å². The lowest BCUT2D eigenvalue weighted by Crippen LogP contribution is -1.95. The zero-order valence-corrected chi connectivity index (χ0v) is 14.1. The molecular weight excluding hydrogens is 314 g/mol. The summed E-state index contributed by atoms with van der Waals surface area (Å²) >= 11 is 0. The van der Waals surface area contributed by atoms with Crippen molar-refractivity contribution < 1.29 is 0 Å². The van der Waals surface area contributed by atoms with Gasteiger partial charge in [-0.25, -0.2) is 4.99 Å². The molecule has 4 aromatic rings. The molecule has 4 aromatic carbocycles. The Morgan fingerprint density at radius 1 is 0.615 bits per heavy atom. The largest absolute Gasteiger partial charge is 0.246 e. The second kappa shape index (κ2) is 5.03. The van der Waals surface area contributed by atoms with Crippen molar-refractivity contribution in [3.8, 4) is 11.1 Å². The highest BCUT2D eigenvalue weighted by molar-refractivity contribution is 6.44. The standard InChI is InChI=1S/C25H15N/c1-2-6-16(7-3-1)18-10-11-19-15-23-21-13-12-17-8-4-5-9-20(17)24(21)26-25(23)22(19)14-18/h1-15H. The number of hydrogen-bond donors (Lipinski definition) is 0. The van der Waals surface area contributed by atoms with Crippen LogP contribution in [0.15, 0.2) is 89.9 Å². The van der Waals surface area contributed by atoms with Crippen molar-refractivity contribution in [3.05, 3.63) is 102 Å². The zero-order chi connectivity index (χ0) is 17.1. The number of benzene rings is 4. The fraction of sp³-hybridized carbons (Fsp3) is 0. The Morgan fingerprint density at radius 2 is 1.46 bits per heavy atom. The molecule has 6 rings (SSSR count). The van der Waals surface area contributed by atoms with Gasteiger partial charge >= 0.3 is 0 Å². The van der Waals surface area contributed by atoms with Gasteiger partial charge in [0.05, 0.1) is 11.4 Å². The van der Waals surface area contributed by atoms with E-state index in [1.807, 2.05) is 0 Å². The molecule has 0 bridgehead atoms. The van der Waals surface area contributed by atoms with E-state index in [-0.39, 0.29) is 0 Å². The van der Waals surface area contributed by atoms with Gasteiger partial charge in [0.1, 0.15) is 0 Å². The summed E-state index contributed by atoms with van der Waals surface area (Å²) in [4.78, 5) is 5.07. The third kappa shape index (κ3) is 1.83. The molecule has 1 aliphatic carbocycles. The molecule has 1 heterocycles. The average Bonchev–Trinajstić information content (AvgIpc) is 3.24. The van der Waals surface area contributed by atoms with E-state index >= 15 is 0 Å². The molecule has 0 fully saturated rings. The first-order chi connectivity index (χ1) is 12.9. The van der Waals surface area contributed by atoms with Gasteiger partial charge in [-0.05, 0) is 34.2 Å². The van der Waals surface area contributed by atoms with Crippen LogP contribution < -0.4 is 0 Å². The molecule has 0 amide bonds. The Hall–Kier alpha value is -3.45. The summed E-state index contributed by atoms with van der Waals surface area (Å²) < 4.78 is 0. The highest BCUT2D eigenvalue weighted by Gasteiger charge is 2.29. The third-order valence-corrected chi connectivity index (χ3v) is 5.38. The number of allylic oxidation sites excluding steroid dienone is 1. The van der Waals surface area contributed by atoms with Crippen molar-refractivity contribution in [2.45, 2.75) is 0 Å². The number of nitrogens with zero attached hydrogens (tertiary/aromatic N) is 1. The third-order valence-electron chi connectivity index (χ3n) is 5.38. The van der Waals surface area contributed by atoms with Crippen LogP contribution in [0.1, 0.15) is 16.7 Å². The smallest absolute Gasteiger partial charge is 0.0795 e. The van der Waals surface area contributed by atoms with Gasteiger partial charge in [0.2, 0.25) is 0 Å². The molecule has 0 saturated carbocycles. The predicted molar refractivity (Wildman–Crippen MR) is 110 cm³/mol. The number of fused-ring (bicyclic) bond motifs is 7. The van der Waals surface area contributed by atoms with E-state index in [9.17, 15) is 0 Å². The van der Waals surface area contributed by atoms with Crippen molar-refractivity contribution in [1.29, 1.82) is 0 Å². The maximum absolute atomic E-state index is 5.07. The van der Waals surface area contributed by atoms with Crippen LogP contribution >= 0.6 is 0 Å². The highest BCUT2D eigenvalue weighted by Crippen LogP contribution is 2.46. The average molecular weight is 329 g/mol. The Bertz CT molecular complexity index is 1260. The summed E-state index contributed by atoms with van der Waals surface area (Å²) in [5, 5.41) is 2.47. The fourth-order valence-electron chi connectivity index (χ4n) is 4.10. The van der Waals surface area contributed by atoms with Crippen molar-refractivity contribution in [3.63, 3.8) is 0 Å². The quantitative estimate of drug-likeness (QED) is 0.378. The van der Waals surface area contributed by atoms with Gasteiger partial charge in [-0.2, -0.15) is 0 Å². The molecule has 1 heteroatoms. The SMILES string of the molecule is C1=C2C(=Nc3c2ccc2ccccc32)c2cc(-c3ccccc3)ccc21. The zero-order valence-electron chi connectivity index (χ0n) is 14.1. The number of rotatable bonds is 1. The van der Waals surface area contributed by atoms with Gasteiger partial charge in [0.25, 0.3) is 0 Å². The van der Waals surface area contributed by atoms with Gasteiger partial charge < -0.3 is 0 Å². The van der Waals surface area contributed by atoms with Crippen molar-refractivity contribution in [2.24, 2.45) is 4.99 Å². The van der Waals surface area contributed by atoms with Crippen LogP contribution in [0.4, 0.5) is 5.69 Å². The predicted octanol–water partition coefficient (Wildman–Crippen LogP) is 6.50. The summed E-state index contributed by atoms with van der Waals surface area (Å²) in [5.41, 5.74) is 9.71. The minimum atomic E-state index is 1.11. The molecule has 1 nitrogen and oxygen atoms in total. The second-order valence-electron chi connectivity index (χ2n) is 6.87. The number of aliphatic imine (C=N–C) groups is 1. The summed E-state index contributed by atoms with van der Waals surface area (Å²) in [5.74, 6) is 0. The fourth-order valence-corrected chi connectivity index (χ4v) is 4.10. The van der Waals surface area contributed by atoms with Crippen molar-refractivity contribution in [2.75, 3.05) is 0 Å². The number of hydrogen-bond acceptors (Lipinski definition) is 1. The molecule has 0 N–H and O–H groups in total. The van der Waals surface area contributed by atoms with Crippen molar-refractivity contribution in [1.82, 2.24) is 0 Å². The molecule has 2 aliphatic rings. The van der Waals surface area contributed by atoms with E-state index in [4.69, 9.17) is 4.99 Å². The van der Waals surface area contributed by atoms with E-state index in [0.717, 1.165) is 11.4 Å². The lowest BCUT2D eigenvalue weighted by molar-refractivity contribution is 1.54. The maximum Gasteiger partial charge on any atom is 0.0795 e. The molecule has 0 saturated heterocycles. The van der Waals surface area contributed by atoms with E-state index in [2.05, 4.69) is 91.0 Å². The monoisotopic (exact) mass is 329 g/mol. The van der Waals surface area contributed by atoms with Crippen LogP contribution in [0.5, 0.6) is 0 Å². The summed E-state index contributed by atoms with van der Waals surface area (Å²) in [6, 6.07) is 30.1. The minimum absolute atomic E-state index is 1.11. The maximum atomic E-state index is 5.07. The molecule has 0 atom stereocenters. The van der Waals surface area contributed by atoms with Crippen LogP contribution in [0.2, 0.25) is 0 Å². The van der Waals surface area contributed by atoms with E-state index < -0.39 is 0 Å². The van der Waals surface area contributed by atoms with Crippen LogP contribution in [0.25, 0.3) is 33.5 Å². The van der Waals surface area contributed by atoms with Gasteiger partial charge in [-0.1, -0.05) is 78.9 Å². The van der Waals surface area contributed by atoms with E-state index in [1.54, 1.807) is 0 Å². The van der Waals surface area contributed by atoms with Crippen LogP contribution in [0.3, 0.4) is 0 Å². The molecule has 1 aliphatic heterocycles. The minimum Gasteiger partial charge on any atom is -0.246 e. The summed E-state index contributed by atoms with van der Waals surface area (Å²) in [6.45, 7) is 0. The van der Waals surface area contributed by atoms with Crippen molar-refractivity contribution >= 4 is 33.8 Å². The molecule has 26 heavy (non-hydrogen) atoms. The van der Waals surface area contributed by atoms with Gasteiger partial charge in [-0.15, -0.1) is 0 Å². The van der Waals surface area contributed by atoms with Crippen LogP contribution in [0, 0.1) is 0 Å². The van der Waals surface area contributed by atoms with E-state index in [1.165, 1.54) is 44.2 Å². The molecule has 120 valence electrons. The Morgan fingerprint density at radius 3 is 2.38 bits per heavy atom. The van der Waals surface area contributed by atoms with Gasteiger partial charge in [0.15, 0.2) is 0 Å². The van der Waals surface area contributed by atoms with Gasteiger partial charge in [-0.3, -0.25) is 0 Å². The molecule has 0 unspecified atom stereocenters. The molecule has 0 spiro atoms. The first-order valence-electron chi connectivity index (χ1n) is 8.91. The first kappa shape index (κ1) is 13.8. The van der Waals surface area contributed by atoms with E-state index in [0.29, 0.717) is 0 Å². The first-order valence-corrected chi connectivity index (χ1v) is 8.91. The Labute approximate surface area is 152 Å². The summed E-state index contributed by atoms with van der Waals surface area (Å²) in [7, 11) is 0. The highest BCUT2D eigenvalue weighted by atomic mass is 14.8. The summed E-state index contributed by atoms with van der Waals surface area (Å²) in [6.07, 6.45) is 2.28. The van der Waals surface area contributed by atoms with Crippen LogP contribution in [-0.2, 0) is 0 Å². The molecular formula is C25H15N. The Kier molecular flexibility index (Phi) is 2.67. The second-order valence-corrected chi connectivity index (χ2v) is 6.87. The Balaban J connectivity index is 1.55.